The fourth-order valence-corrected chi connectivity index (χ4v) is 3.71. The van der Waals surface area contributed by atoms with Crippen LogP contribution in [0, 0.1) is 5.41 Å². The second-order valence-corrected chi connectivity index (χ2v) is 11.2. The number of aromatic nitrogens is 1. The molecule has 204 valence electrons. The smallest absolute Gasteiger partial charge is 0.407 e. The summed E-state index contributed by atoms with van der Waals surface area (Å²) in [4.78, 5) is 38.0. The molecule has 0 fully saturated rings. The Hall–Kier alpha value is -3.29. The molecule has 0 atom stereocenters. The minimum Gasteiger partial charge on any atom is -0.491 e. The maximum Gasteiger partial charge on any atom is 0.407 e. The largest absolute Gasteiger partial charge is 0.491 e. The van der Waals surface area contributed by atoms with Crippen molar-refractivity contribution in [3.8, 4) is 5.75 Å². The summed E-state index contributed by atoms with van der Waals surface area (Å²) in [6, 6.07) is 5.36. The number of ether oxygens (including phenoxy) is 3. The molecule has 0 saturated carbocycles. The standard InChI is InChI=1S/C29H42N2O6/c1-9-11-16-36-25-22-17-20(13-15-24(32)35-10-2)12-14-21(22)26(33)31(19-28(3,4)5)23(25)18-30-27(34)37-29(6,7)8/h12-15,17H,9-11,16,18-19H2,1-8H3,(H,30,34)/b15-13+. The predicted molar refractivity (Wildman–Crippen MR) is 147 cm³/mol. The number of alkyl carbamates (subject to hydrolysis) is 1. The molecular formula is C29H42N2O6. The van der Waals surface area contributed by atoms with Crippen molar-refractivity contribution in [3.63, 3.8) is 0 Å². The van der Waals surface area contributed by atoms with E-state index in [1.165, 1.54) is 6.08 Å². The third-order valence-corrected chi connectivity index (χ3v) is 5.23. The second-order valence-electron chi connectivity index (χ2n) is 11.2. The Bertz CT molecular complexity index is 1180. The molecular weight excluding hydrogens is 472 g/mol. The SMILES string of the molecule is CCCCOc1c(CNC(=O)OC(C)(C)C)n(CC(C)(C)C)c(=O)c2ccc(/C=C/C(=O)OCC)cc12. The van der Waals surface area contributed by atoms with Gasteiger partial charge in [0.25, 0.3) is 5.56 Å². The highest BCUT2D eigenvalue weighted by Crippen LogP contribution is 2.31. The lowest BCUT2D eigenvalue weighted by molar-refractivity contribution is -0.137. The van der Waals surface area contributed by atoms with Crippen molar-refractivity contribution >= 4 is 28.9 Å². The fourth-order valence-electron chi connectivity index (χ4n) is 3.71. The minimum atomic E-state index is -0.654. The number of esters is 1. The monoisotopic (exact) mass is 514 g/mol. The lowest BCUT2D eigenvalue weighted by Gasteiger charge is -2.26. The minimum absolute atomic E-state index is 0.0561. The van der Waals surface area contributed by atoms with E-state index in [0.29, 0.717) is 35.4 Å². The topological polar surface area (TPSA) is 95.9 Å². The van der Waals surface area contributed by atoms with Gasteiger partial charge in [-0.3, -0.25) is 4.79 Å². The van der Waals surface area contributed by atoms with Gasteiger partial charge in [0.1, 0.15) is 11.4 Å². The molecule has 1 aromatic carbocycles. The van der Waals surface area contributed by atoms with Gasteiger partial charge in [-0.2, -0.15) is 0 Å². The van der Waals surface area contributed by atoms with E-state index in [1.54, 1.807) is 50.5 Å². The first-order valence-corrected chi connectivity index (χ1v) is 12.9. The molecule has 0 aliphatic carbocycles. The number of benzene rings is 1. The van der Waals surface area contributed by atoms with Gasteiger partial charge in [0.2, 0.25) is 0 Å². The number of nitrogens with zero attached hydrogens (tertiary/aromatic N) is 1. The third kappa shape index (κ3) is 9.26. The summed E-state index contributed by atoms with van der Waals surface area (Å²) in [6.45, 7) is 16.6. The maximum absolute atomic E-state index is 13.7. The molecule has 8 heteroatoms. The Morgan fingerprint density at radius 1 is 1.05 bits per heavy atom. The van der Waals surface area contributed by atoms with Gasteiger partial charge in [-0.1, -0.05) is 40.2 Å². The Morgan fingerprint density at radius 2 is 1.76 bits per heavy atom. The van der Waals surface area contributed by atoms with Crippen LogP contribution in [-0.2, 0) is 27.4 Å². The molecule has 0 radical (unpaired) electrons. The molecule has 1 amide bonds. The number of rotatable bonds is 10. The molecule has 1 aromatic heterocycles. The molecule has 2 aromatic rings. The Balaban J connectivity index is 2.70. The highest BCUT2D eigenvalue weighted by Gasteiger charge is 2.24. The summed E-state index contributed by atoms with van der Waals surface area (Å²) in [5, 5.41) is 3.93. The molecule has 0 unspecified atom stereocenters. The summed E-state index contributed by atoms with van der Waals surface area (Å²) in [7, 11) is 0. The molecule has 0 aliphatic rings. The van der Waals surface area contributed by atoms with Crippen LogP contribution in [0.15, 0.2) is 29.1 Å². The molecule has 0 bridgehead atoms. The Labute approximate surface area is 220 Å². The lowest BCUT2D eigenvalue weighted by Crippen LogP contribution is -2.36. The highest BCUT2D eigenvalue weighted by atomic mass is 16.6. The van der Waals surface area contributed by atoms with Gasteiger partial charge >= 0.3 is 12.1 Å². The summed E-state index contributed by atoms with van der Waals surface area (Å²) in [5.41, 5.74) is 0.260. The van der Waals surface area contributed by atoms with Crippen LogP contribution in [0.25, 0.3) is 16.8 Å². The molecule has 1 N–H and O–H groups in total. The van der Waals surface area contributed by atoms with E-state index in [9.17, 15) is 14.4 Å². The first-order chi connectivity index (χ1) is 17.3. The van der Waals surface area contributed by atoms with Crippen molar-refractivity contribution in [1.29, 1.82) is 0 Å². The Kier molecular flexibility index (Phi) is 10.3. The first kappa shape index (κ1) is 29.9. The van der Waals surface area contributed by atoms with E-state index >= 15 is 0 Å². The molecule has 0 saturated heterocycles. The summed E-state index contributed by atoms with van der Waals surface area (Å²) in [6.07, 6.45) is 4.20. The van der Waals surface area contributed by atoms with Crippen molar-refractivity contribution in [1.82, 2.24) is 9.88 Å². The molecule has 0 aliphatic heterocycles. The van der Waals surface area contributed by atoms with Crippen molar-refractivity contribution in [2.75, 3.05) is 13.2 Å². The zero-order chi connectivity index (χ0) is 27.8. The zero-order valence-corrected chi connectivity index (χ0v) is 23.5. The zero-order valence-electron chi connectivity index (χ0n) is 23.5. The predicted octanol–water partition coefficient (Wildman–Crippen LogP) is 5.83. The third-order valence-electron chi connectivity index (χ3n) is 5.23. The van der Waals surface area contributed by atoms with Crippen LogP contribution in [0.3, 0.4) is 0 Å². The van der Waals surface area contributed by atoms with Crippen LogP contribution < -0.4 is 15.6 Å². The number of hydrogen-bond donors (Lipinski definition) is 1. The number of carbonyl (C=O) groups excluding carboxylic acids is 2. The van der Waals surface area contributed by atoms with E-state index < -0.39 is 17.7 Å². The van der Waals surface area contributed by atoms with Gasteiger partial charge < -0.3 is 24.1 Å². The first-order valence-electron chi connectivity index (χ1n) is 12.9. The number of carbonyl (C=O) groups is 2. The quantitative estimate of drug-likeness (QED) is 0.244. The summed E-state index contributed by atoms with van der Waals surface area (Å²) < 4.78 is 18.4. The van der Waals surface area contributed by atoms with Crippen LogP contribution in [0.1, 0.15) is 79.5 Å². The maximum atomic E-state index is 13.7. The average molecular weight is 515 g/mol. The number of fused-ring (bicyclic) bond motifs is 1. The van der Waals surface area contributed by atoms with E-state index in [2.05, 4.69) is 33.0 Å². The van der Waals surface area contributed by atoms with Gasteiger partial charge in [0.15, 0.2) is 0 Å². The second kappa shape index (κ2) is 12.8. The van der Waals surface area contributed by atoms with Crippen LogP contribution in [0.2, 0.25) is 0 Å². The molecule has 0 spiro atoms. The fraction of sp³-hybridized carbons (Fsp3) is 0.552. The molecule has 2 rings (SSSR count). The van der Waals surface area contributed by atoms with Crippen LogP contribution >= 0.6 is 0 Å². The van der Waals surface area contributed by atoms with Crippen molar-refractivity contribution in [2.24, 2.45) is 5.41 Å². The van der Waals surface area contributed by atoms with Gasteiger partial charge in [0, 0.05) is 18.0 Å². The van der Waals surface area contributed by atoms with Crippen molar-refractivity contribution in [2.45, 2.75) is 86.9 Å². The average Bonchev–Trinajstić information content (AvgIpc) is 2.78. The van der Waals surface area contributed by atoms with Gasteiger partial charge in [-0.15, -0.1) is 0 Å². The van der Waals surface area contributed by atoms with E-state index in [1.807, 2.05) is 6.07 Å². The van der Waals surface area contributed by atoms with E-state index in [0.717, 1.165) is 18.4 Å². The number of nitrogens with one attached hydrogen (secondary N) is 1. The van der Waals surface area contributed by atoms with E-state index in [4.69, 9.17) is 14.2 Å². The van der Waals surface area contributed by atoms with Crippen LogP contribution in [0.4, 0.5) is 4.79 Å². The Morgan fingerprint density at radius 3 is 2.35 bits per heavy atom. The van der Waals surface area contributed by atoms with Gasteiger partial charge in [0.05, 0.1) is 30.8 Å². The van der Waals surface area contributed by atoms with E-state index in [-0.39, 0.29) is 24.1 Å². The lowest BCUT2D eigenvalue weighted by atomic mass is 9.96. The van der Waals surface area contributed by atoms with Gasteiger partial charge in [-0.25, -0.2) is 9.59 Å². The van der Waals surface area contributed by atoms with Crippen molar-refractivity contribution < 1.29 is 23.8 Å². The molecule has 37 heavy (non-hydrogen) atoms. The summed E-state index contributed by atoms with van der Waals surface area (Å²) in [5.74, 6) is 0.0969. The number of amides is 1. The molecule has 1 heterocycles. The summed E-state index contributed by atoms with van der Waals surface area (Å²) >= 11 is 0. The van der Waals surface area contributed by atoms with Crippen molar-refractivity contribution in [3.05, 3.63) is 45.9 Å². The molecule has 8 nitrogen and oxygen atoms in total. The number of unbranched alkanes of at least 4 members (excludes halogenated alkanes) is 1. The highest BCUT2D eigenvalue weighted by molar-refractivity contribution is 5.92. The number of hydrogen-bond acceptors (Lipinski definition) is 6. The van der Waals surface area contributed by atoms with Crippen LogP contribution in [0.5, 0.6) is 5.75 Å². The van der Waals surface area contributed by atoms with Crippen LogP contribution in [-0.4, -0.2) is 35.4 Å². The normalized spacial score (nSPS) is 12.1. The van der Waals surface area contributed by atoms with Gasteiger partial charge in [-0.05, 0) is 63.3 Å². The number of pyridine rings is 1.